The van der Waals surface area contributed by atoms with E-state index in [1.807, 2.05) is 0 Å². The lowest BCUT2D eigenvalue weighted by molar-refractivity contribution is 0.0519. The zero-order valence-electron chi connectivity index (χ0n) is 12.5. The summed E-state index contributed by atoms with van der Waals surface area (Å²) >= 11 is 0. The summed E-state index contributed by atoms with van der Waals surface area (Å²) < 4.78 is 9.64. The van der Waals surface area contributed by atoms with Crippen molar-refractivity contribution in [1.29, 1.82) is 0 Å². The second kappa shape index (κ2) is 6.34. The molecule has 1 aromatic carbocycles. The molecule has 6 heteroatoms. The maximum atomic E-state index is 12.0. The number of esters is 2. The van der Waals surface area contributed by atoms with Crippen molar-refractivity contribution in [2.24, 2.45) is 0 Å². The molecule has 0 amide bonds. The summed E-state index contributed by atoms with van der Waals surface area (Å²) in [7, 11) is 1.24. The van der Waals surface area contributed by atoms with Gasteiger partial charge >= 0.3 is 11.9 Å². The Morgan fingerprint density at radius 2 is 1.86 bits per heavy atom. The number of aromatic nitrogens is 1. The minimum absolute atomic E-state index is 0.0188. The number of ketones is 1. The van der Waals surface area contributed by atoms with Crippen molar-refractivity contribution in [1.82, 2.24) is 4.98 Å². The van der Waals surface area contributed by atoms with Crippen LogP contribution in [0, 0.1) is 0 Å². The Hall–Kier alpha value is -2.76. The first kappa shape index (κ1) is 15.6. The van der Waals surface area contributed by atoms with Crippen LogP contribution in [-0.4, -0.2) is 36.4 Å². The lowest BCUT2D eigenvalue weighted by atomic mass is 10.0. The van der Waals surface area contributed by atoms with Gasteiger partial charge in [-0.3, -0.25) is 4.79 Å². The van der Waals surface area contributed by atoms with Crippen LogP contribution in [0.5, 0.6) is 0 Å². The van der Waals surface area contributed by atoms with E-state index in [1.54, 1.807) is 25.1 Å². The summed E-state index contributed by atoms with van der Waals surface area (Å²) in [4.78, 5) is 39.5. The number of hydrogen-bond donors (Lipinski definition) is 0. The predicted octanol–water partition coefficient (Wildman–Crippen LogP) is 2.40. The molecule has 0 aliphatic carbocycles. The molecule has 0 radical (unpaired) electrons. The van der Waals surface area contributed by atoms with Crippen LogP contribution in [0.1, 0.15) is 45.1 Å². The van der Waals surface area contributed by atoms with Crippen molar-refractivity contribution in [3.8, 4) is 0 Å². The van der Waals surface area contributed by atoms with Gasteiger partial charge < -0.3 is 9.47 Å². The van der Waals surface area contributed by atoms with E-state index in [0.717, 1.165) is 0 Å². The molecule has 0 atom stereocenters. The molecule has 0 spiro atoms. The van der Waals surface area contributed by atoms with Crippen molar-refractivity contribution < 1.29 is 23.9 Å². The first-order valence-corrected chi connectivity index (χ1v) is 6.69. The third-order valence-corrected chi connectivity index (χ3v) is 3.11. The minimum atomic E-state index is -0.620. The highest BCUT2D eigenvalue weighted by atomic mass is 16.5. The molecule has 0 fully saturated rings. The van der Waals surface area contributed by atoms with Gasteiger partial charge in [0.05, 0.1) is 24.8 Å². The lowest BCUT2D eigenvalue weighted by Crippen LogP contribution is -2.11. The molecular formula is C16H15NO5. The summed E-state index contributed by atoms with van der Waals surface area (Å²) in [5.74, 6) is -1.36. The first-order valence-electron chi connectivity index (χ1n) is 6.69. The van der Waals surface area contributed by atoms with E-state index in [9.17, 15) is 14.4 Å². The van der Waals surface area contributed by atoms with E-state index in [0.29, 0.717) is 16.5 Å². The molecule has 2 rings (SSSR count). The summed E-state index contributed by atoms with van der Waals surface area (Å²) in [6, 6.07) is 6.05. The Kier molecular flexibility index (Phi) is 4.50. The van der Waals surface area contributed by atoms with E-state index in [-0.39, 0.29) is 23.6 Å². The van der Waals surface area contributed by atoms with Crippen molar-refractivity contribution in [3.05, 3.63) is 41.1 Å². The quantitative estimate of drug-likeness (QED) is 0.637. The fraction of sp³-hybridized carbons (Fsp3) is 0.250. The number of ether oxygens (including phenoxy) is 2. The number of methoxy groups -OCH3 is 1. The number of nitrogens with zero attached hydrogens (tertiary/aromatic N) is 1. The molecule has 22 heavy (non-hydrogen) atoms. The third-order valence-electron chi connectivity index (χ3n) is 3.11. The van der Waals surface area contributed by atoms with Gasteiger partial charge in [0.25, 0.3) is 0 Å². The molecule has 0 aliphatic heterocycles. The van der Waals surface area contributed by atoms with Crippen LogP contribution in [0.3, 0.4) is 0 Å². The van der Waals surface area contributed by atoms with Crippen molar-refractivity contribution in [2.75, 3.05) is 13.7 Å². The number of Topliss-reactive ketones (excluding diaryl/α,β-unsaturated/α-hetero) is 1. The Balaban J connectivity index is 2.70. The molecule has 0 bridgehead atoms. The average Bonchev–Trinajstić information content (AvgIpc) is 2.52. The monoisotopic (exact) mass is 301 g/mol. The van der Waals surface area contributed by atoms with E-state index in [1.165, 1.54) is 20.1 Å². The molecule has 1 heterocycles. The smallest absolute Gasteiger partial charge is 0.356 e. The molecule has 6 nitrogen and oxygen atoms in total. The normalized spacial score (nSPS) is 10.3. The highest BCUT2D eigenvalue weighted by molar-refractivity contribution is 6.08. The van der Waals surface area contributed by atoms with Gasteiger partial charge in [0.15, 0.2) is 5.78 Å². The zero-order chi connectivity index (χ0) is 16.3. The average molecular weight is 301 g/mol. The number of pyridine rings is 1. The van der Waals surface area contributed by atoms with Crippen LogP contribution in [0.2, 0.25) is 0 Å². The van der Waals surface area contributed by atoms with Crippen LogP contribution < -0.4 is 0 Å². The Morgan fingerprint density at radius 3 is 2.45 bits per heavy atom. The molecule has 1 aromatic heterocycles. The van der Waals surface area contributed by atoms with Crippen molar-refractivity contribution in [2.45, 2.75) is 13.8 Å². The van der Waals surface area contributed by atoms with Crippen molar-refractivity contribution in [3.63, 3.8) is 0 Å². The fourth-order valence-electron chi connectivity index (χ4n) is 2.03. The molecule has 0 saturated heterocycles. The van der Waals surface area contributed by atoms with Crippen LogP contribution in [0.25, 0.3) is 10.9 Å². The van der Waals surface area contributed by atoms with Gasteiger partial charge in [-0.25, -0.2) is 14.6 Å². The second-order valence-electron chi connectivity index (χ2n) is 4.56. The number of rotatable bonds is 4. The summed E-state index contributed by atoms with van der Waals surface area (Å²) in [5, 5.41) is 0.451. The molecule has 0 unspecified atom stereocenters. The highest BCUT2D eigenvalue weighted by Crippen LogP contribution is 2.22. The molecule has 0 aliphatic rings. The van der Waals surface area contributed by atoms with Gasteiger partial charge in [-0.05, 0) is 38.1 Å². The molecule has 0 N–H and O–H groups in total. The first-order chi connectivity index (χ1) is 10.5. The van der Waals surface area contributed by atoms with Gasteiger partial charge in [0, 0.05) is 10.9 Å². The van der Waals surface area contributed by atoms with Crippen LogP contribution in [0.4, 0.5) is 0 Å². The third kappa shape index (κ3) is 2.95. The maximum Gasteiger partial charge on any atom is 0.356 e. The lowest BCUT2D eigenvalue weighted by Gasteiger charge is -2.09. The topological polar surface area (TPSA) is 82.6 Å². The van der Waals surface area contributed by atoms with Crippen LogP contribution >= 0.6 is 0 Å². The molecule has 114 valence electrons. The van der Waals surface area contributed by atoms with Crippen LogP contribution in [-0.2, 0) is 9.47 Å². The maximum absolute atomic E-state index is 12.0. The predicted molar refractivity (Wildman–Crippen MR) is 79.0 cm³/mol. The van der Waals surface area contributed by atoms with Gasteiger partial charge in [0.2, 0.25) is 0 Å². The SMILES string of the molecule is CCOC(=O)c1cc(C(=O)OC)c2cc(C(C)=O)ccc2n1. The van der Waals surface area contributed by atoms with Gasteiger partial charge in [0.1, 0.15) is 5.69 Å². The molecular weight excluding hydrogens is 286 g/mol. The highest BCUT2D eigenvalue weighted by Gasteiger charge is 2.18. The van der Waals surface area contributed by atoms with Crippen LogP contribution in [0.15, 0.2) is 24.3 Å². The number of benzene rings is 1. The van der Waals surface area contributed by atoms with Gasteiger partial charge in [-0.1, -0.05) is 0 Å². The largest absolute Gasteiger partial charge is 0.465 e. The van der Waals surface area contributed by atoms with E-state index in [4.69, 9.17) is 9.47 Å². The fourth-order valence-corrected chi connectivity index (χ4v) is 2.03. The minimum Gasteiger partial charge on any atom is -0.465 e. The molecule has 2 aromatic rings. The van der Waals surface area contributed by atoms with Gasteiger partial charge in [-0.2, -0.15) is 0 Å². The summed E-state index contributed by atoms with van der Waals surface area (Å²) in [6.07, 6.45) is 0. The second-order valence-corrected chi connectivity index (χ2v) is 4.56. The van der Waals surface area contributed by atoms with E-state index >= 15 is 0 Å². The number of carbonyl (C=O) groups excluding carboxylic acids is 3. The van der Waals surface area contributed by atoms with E-state index < -0.39 is 11.9 Å². The Labute approximate surface area is 127 Å². The number of carbonyl (C=O) groups is 3. The zero-order valence-corrected chi connectivity index (χ0v) is 12.5. The standard InChI is InChI=1S/C16H15NO5/c1-4-22-16(20)14-8-12(15(19)21-3)11-7-10(9(2)18)5-6-13(11)17-14/h5-8H,4H2,1-3H3. The Bertz CT molecular complexity index is 766. The van der Waals surface area contributed by atoms with Crippen molar-refractivity contribution >= 4 is 28.6 Å². The molecule has 0 saturated carbocycles. The van der Waals surface area contributed by atoms with Gasteiger partial charge in [-0.15, -0.1) is 0 Å². The number of hydrogen-bond acceptors (Lipinski definition) is 6. The Morgan fingerprint density at radius 1 is 1.14 bits per heavy atom. The summed E-state index contributed by atoms with van der Waals surface area (Å²) in [5.41, 5.74) is 1.04. The van der Waals surface area contributed by atoms with E-state index in [2.05, 4.69) is 4.98 Å². The summed E-state index contributed by atoms with van der Waals surface area (Å²) in [6.45, 7) is 3.31. The number of fused-ring (bicyclic) bond motifs is 1.